The fraction of sp³-hybridized carbons (Fsp3) is 0.130. The number of H-pyrrole nitrogens is 1. The molecule has 0 aliphatic rings. The number of fused-ring (bicyclic) bond motifs is 1. The number of nitrogens with one attached hydrogen (secondary N) is 2. The number of aryl methyl sites for hydroxylation is 2. The number of anilines is 1. The molecule has 0 fully saturated rings. The van der Waals surface area contributed by atoms with Crippen LogP contribution in [0.3, 0.4) is 0 Å². The maximum atomic E-state index is 11.0. The highest BCUT2D eigenvalue weighted by atomic mass is 16.3. The summed E-state index contributed by atoms with van der Waals surface area (Å²) in [6.07, 6.45) is 1.87. The smallest absolute Gasteiger partial charge is 0.272 e. The number of hydrogen-bond acceptors (Lipinski definition) is 3. The molecule has 0 spiro atoms. The Hall–Kier alpha value is -3.40. The molecule has 4 nitrogen and oxygen atoms in total. The van der Waals surface area contributed by atoms with E-state index in [9.17, 15) is 5.11 Å². The van der Waals surface area contributed by atoms with Gasteiger partial charge in [0.15, 0.2) is 0 Å². The van der Waals surface area contributed by atoms with E-state index in [0.29, 0.717) is 5.52 Å². The Labute approximate surface area is 158 Å². The molecule has 27 heavy (non-hydrogen) atoms. The van der Waals surface area contributed by atoms with Crippen LogP contribution in [-0.2, 0) is 0 Å². The predicted molar refractivity (Wildman–Crippen MR) is 108 cm³/mol. The van der Waals surface area contributed by atoms with Crippen molar-refractivity contribution >= 4 is 16.7 Å². The molecule has 1 atom stereocenters. The van der Waals surface area contributed by atoms with Crippen LogP contribution in [0.15, 0.2) is 72.9 Å². The van der Waals surface area contributed by atoms with E-state index in [1.54, 1.807) is 0 Å². The van der Waals surface area contributed by atoms with Gasteiger partial charge in [-0.25, -0.2) is 9.97 Å². The van der Waals surface area contributed by atoms with Gasteiger partial charge in [0.25, 0.3) is 5.82 Å². The van der Waals surface area contributed by atoms with Crippen LogP contribution in [0.2, 0.25) is 0 Å². The van der Waals surface area contributed by atoms with Gasteiger partial charge < -0.3 is 5.11 Å². The zero-order valence-corrected chi connectivity index (χ0v) is 15.4. The average Bonchev–Trinajstić information content (AvgIpc) is 2.69. The third-order valence-corrected chi connectivity index (χ3v) is 4.74. The lowest BCUT2D eigenvalue weighted by Gasteiger charge is -2.18. The fourth-order valence-electron chi connectivity index (χ4n) is 3.26. The quantitative estimate of drug-likeness (QED) is 0.563. The number of aromatic nitrogens is 2. The van der Waals surface area contributed by atoms with Gasteiger partial charge in [0.1, 0.15) is 17.3 Å². The predicted octanol–water partition coefficient (Wildman–Crippen LogP) is 4.57. The Morgan fingerprint density at radius 1 is 0.926 bits per heavy atom. The van der Waals surface area contributed by atoms with E-state index in [4.69, 9.17) is 0 Å². The first-order valence-electron chi connectivity index (χ1n) is 9.01. The summed E-state index contributed by atoms with van der Waals surface area (Å²) in [4.78, 5) is 7.75. The van der Waals surface area contributed by atoms with Crippen molar-refractivity contribution in [2.24, 2.45) is 0 Å². The van der Waals surface area contributed by atoms with Gasteiger partial charge in [0.05, 0.1) is 6.20 Å². The summed E-state index contributed by atoms with van der Waals surface area (Å²) in [5.74, 6) is 1.09. The van der Waals surface area contributed by atoms with Crippen LogP contribution in [-0.4, -0.2) is 10.1 Å². The first-order valence-corrected chi connectivity index (χ1v) is 9.01. The monoisotopic (exact) mass is 356 g/mol. The molecule has 0 aliphatic carbocycles. The summed E-state index contributed by atoms with van der Waals surface area (Å²) in [5, 5.41) is 15.5. The number of rotatable bonds is 4. The van der Waals surface area contributed by atoms with Crippen LogP contribution in [0.4, 0.5) is 5.82 Å². The molecule has 0 radical (unpaired) electrons. The minimum atomic E-state index is -0.212. The molecule has 0 bridgehead atoms. The summed E-state index contributed by atoms with van der Waals surface area (Å²) in [7, 11) is 0. The Bertz CT molecular complexity index is 1080. The number of phenolic OH excluding ortho intramolecular Hbond substituents is 1. The van der Waals surface area contributed by atoms with E-state index in [-0.39, 0.29) is 11.8 Å². The van der Waals surface area contributed by atoms with E-state index in [0.717, 1.165) is 28.0 Å². The molecule has 2 aromatic carbocycles. The Morgan fingerprint density at radius 2 is 1.70 bits per heavy atom. The second-order valence-corrected chi connectivity index (χ2v) is 6.79. The van der Waals surface area contributed by atoms with E-state index >= 15 is 0 Å². The number of pyridine rings is 2. The van der Waals surface area contributed by atoms with Crippen molar-refractivity contribution in [1.82, 2.24) is 4.98 Å². The Kier molecular flexibility index (Phi) is 4.47. The number of aromatic amines is 1. The molecule has 2 heterocycles. The number of phenols is 1. The molecule has 0 saturated carbocycles. The van der Waals surface area contributed by atoms with E-state index in [1.165, 1.54) is 5.56 Å². The zero-order chi connectivity index (χ0) is 18.8. The van der Waals surface area contributed by atoms with Crippen LogP contribution in [0, 0.1) is 13.8 Å². The van der Waals surface area contributed by atoms with E-state index in [2.05, 4.69) is 46.5 Å². The third-order valence-electron chi connectivity index (χ3n) is 4.74. The molecule has 2 aromatic heterocycles. The number of hydrogen-bond donors (Lipinski definition) is 2. The average molecular weight is 356 g/mol. The summed E-state index contributed by atoms with van der Waals surface area (Å²) >= 11 is 0. The lowest BCUT2D eigenvalue weighted by Crippen LogP contribution is -2.19. The van der Waals surface area contributed by atoms with Crippen molar-refractivity contribution in [1.29, 1.82) is 0 Å². The van der Waals surface area contributed by atoms with Crippen molar-refractivity contribution in [2.75, 3.05) is 5.32 Å². The van der Waals surface area contributed by atoms with Crippen molar-refractivity contribution in [3.63, 3.8) is 0 Å². The topological polar surface area (TPSA) is 59.3 Å². The first kappa shape index (κ1) is 17.0. The minimum absolute atomic E-state index is 0.212. The van der Waals surface area contributed by atoms with Crippen LogP contribution < -0.4 is 10.3 Å². The second-order valence-electron chi connectivity index (χ2n) is 6.79. The van der Waals surface area contributed by atoms with Crippen molar-refractivity contribution in [2.45, 2.75) is 19.9 Å². The number of aromatic hydroxyl groups is 1. The molecular formula is C23H22N3O+. The van der Waals surface area contributed by atoms with Gasteiger partial charge in [-0.3, -0.25) is 5.32 Å². The van der Waals surface area contributed by atoms with Crippen molar-refractivity contribution in [3.8, 4) is 5.75 Å². The number of benzene rings is 2. The Morgan fingerprint density at radius 3 is 2.44 bits per heavy atom. The number of nitrogens with zero attached hydrogens (tertiary/aromatic N) is 1. The van der Waals surface area contributed by atoms with Gasteiger partial charge in [0.2, 0.25) is 0 Å². The lowest BCUT2D eigenvalue weighted by atomic mass is 9.95. The fourth-order valence-corrected chi connectivity index (χ4v) is 3.26. The molecule has 4 aromatic rings. The lowest BCUT2D eigenvalue weighted by molar-refractivity contribution is -0.361. The van der Waals surface area contributed by atoms with Gasteiger partial charge >= 0.3 is 0 Å². The van der Waals surface area contributed by atoms with Gasteiger partial charge in [-0.1, -0.05) is 48.0 Å². The molecule has 0 unspecified atom stereocenters. The Balaban J connectivity index is 1.86. The summed E-state index contributed by atoms with van der Waals surface area (Å²) in [6.45, 7) is 4.00. The molecule has 4 rings (SSSR count). The van der Waals surface area contributed by atoms with Crippen molar-refractivity contribution < 1.29 is 10.1 Å². The molecule has 0 aliphatic heterocycles. The van der Waals surface area contributed by atoms with E-state index in [1.807, 2.05) is 55.6 Å². The highest BCUT2D eigenvalue weighted by Gasteiger charge is 2.24. The maximum Gasteiger partial charge on any atom is 0.272 e. The largest absolute Gasteiger partial charge is 0.505 e. The molecule has 0 saturated heterocycles. The zero-order valence-electron chi connectivity index (χ0n) is 15.4. The standard InChI is InChI=1S/C23H21N3O/c1-15-6-9-17(10-7-15)21(26-20-5-3-4-14-24-20)19-13-12-18-11-8-16(2)25-22(18)23(19)27/h3-14,21,27H,1-2H3,(H,24,26)/p+1/t21-/m0/s1. The third kappa shape index (κ3) is 3.47. The SMILES string of the molecule is Cc1ccc([C@H](Nc2cccc[nH+]2)c2ccc3ccc(C)nc3c2O)cc1. The van der Waals surface area contributed by atoms with Crippen LogP contribution in [0.25, 0.3) is 10.9 Å². The highest BCUT2D eigenvalue weighted by molar-refractivity contribution is 5.86. The summed E-state index contributed by atoms with van der Waals surface area (Å²) in [5.41, 5.74) is 4.57. The first-order chi connectivity index (χ1) is 13.1. The maximum absolute atomic E-state index is 11.0. The molecular weight excluding hydrogens is 334 g/mol. The van der Waals surface area contributed by atoms with Crippen LogP contribution in [0.5, 0.6) is 5.75 Å². The van der Waals surface area contributed by atoms with Gasteiger partial charge in [-0.2, -0.15) is 0 Å². The van der Waals surface area contributed by atoms with Gasteiger partial charge in [-0.15, -0.1) is 0 Å². The second kappa shape index (κ2) is 7.08. The highest BCUT2D eigenvalue weighted by Crippen LogP contribution is 2.36. The molecule has 4 heteroatoms. The van der Waals surface area contributed by atoms with Crippen LogP contribution in [0.1, 0.15) is 28.4 Å². The van der Waals surface area contributed by atoms with Crippen molar-refractivity contribution in [3.05, 3.63) is 95.3 Å². The van der Waals surface area contributed by atoms with Crippen LogP contribution >= 0.6 is 0 Å². The summed E-state index contributed by atoms with van der Waals surface area (Å²) in [6, 6.07) is 21.9. The van der Waals surface area contributed by atoms with E-state index < -0.39 is 0 Å². The normalized spacial score (nSPS) is 12.1. The molecule has 134 valence electrons. The van der Waals surface area contributed by atoms with Gasteiger partial charge in [0, 0.05) is 28.3 Å². The van der Waals surface area contributed by atoms with Gasteiger partial charge in [-0.05, 0) is 32.0 Å². The molecule has 3 N–H and O–H groups in total. The molecule has 0 amide bonds. The summed E-state index contributed by atoms with van der Waals surface area (Å²) < 4.78 is 0. The minimum Gasteiger partial charge on any atom is -0.505 e.